The summed E-state index contributed by atoms with van der Waals surface area (Å²) in [5, 5.41) is 3.65. The second-order valence-corrected chi connectivity index (χ2v) is 10.0. The Balaban J connectivity index is 1.37. The summed E-state index contributed by atoms with van der Waals surface area (Å²) in [6.07, 6.45) is 0. The van der Waals surface area contributed by atoms with E-state index in [4.69, 9.17) is 11.6 Å². The Labute approximate surface area is 178 Å². The Morgan fingerprint density at radius 1 is 1.07 bits per heavy atom. The van der Waals surface area contributed by atoms with E-state index >= 15 is 0 Å². The van der Waals surface area contributed by atoms with Crippen LogP contribution in [0.3, 0.4) is 0 Å². The van der Waals surface area contributed by atoms with Crippen molar-refractivity contribution in [3.8, 4) is 10.6 Å². The fraction of sp³-hybridized carbons (Fsp3) is 0.250. The second-order valence-electron chi connectivity index (χ2n) is 6.79. The fourth-order valence-electron chi connectivity index (χ4n) is 3.24. The number of thiazole rings is 1. The third kappa shape index (κ3) is 4.67. The lowest BCUT2D eigenvalue weighted by atomic mass is 10.2. The van der Waals surface area contributed by atoms with Gasteiger partial charge in [0.1, 0.15) is 10.8 Å². The smallest absolute Gasteiger partial charge is 0.243 e. The first kappa shape index (κ1) is 20.4. The summed E-state index contributed by atoms with van der Waals surface area (Å²) in [5.74, 6) is -0.551. The van der Waals surface area contributed by atoms with Crippen LogP contribution in [0, 0.1) is 5.82 Å². The number of rotatable bonds is 5. The quantitative estimate of drug-likeness (QED) is 0.585. The SMILES string of the molecule is O=S(=O)(c1cccc(F)c1)N1CCN(Cc2csc(-c3ccc(Cl)cc3)n2)CC1. The molecule has 0 amide bonds. The summed E-state index contributed by atoms with van der Waals surface area (Å²) >= 11 is 7.51. The number of sulfonamides is 1. The highest BCUT2D eigenvalue weighted by molar-refractivity contribution is 7.89. The third-order valence-corrected chi connectivity index (χ3v) is 7.88. The molecule has 0 bridgehead atoms. The van der Waals surface area contributed by atoms with Crippen LogP contribution in [0.15, 0.2) is 58.8 Å². The fourth-order valence-corrected chi connectivity index (χ4v) is 5.64. The van der Waals surface area contributed by atoms with Crippen molar-refractivity contribution in [3.63, 3.8) is 0 Å². The van der Waals surface area contributed by atoms with Crippen LogP contribution in [-0.4, -0.2) is 48.8 Å². The number of nitrogens with zero attached hydrogens (tertiary/aromatic N) is 3. The molecule has 1 saturated heterocycles. The van der Waals surface area contributed by atoms with Gasteiger partial charge >= 0.3 is 0 Å². The van der Waals surface area contributed by atoms with E-state index in [9.17, 15) is 12.8 Å². The van der Waals surface area contributed by atoms with Gasteiger partial charge in [-0.15, -0.1) is 11.3 Å². The van der Waals surface area contributed by atoms with Gasteiger partial charge in [0, 0.05) is 48.7 Å². The minimum atomic E-state index is -3.67. The highest BCUT2D eigenvalue weighted by Gasteiger charge is 2.29. The molecular weight excluding hydrogens is 433 g/mol. The number of aromatic nitrogens is 1. The van der Waals surface area contributed by atoms with E-state index in [1.165, 1.54) is 22.5 Å². The van der Waals surface area contributed by atoms with Crippen molar-refractivity contribution in [2.24, 2.45) is 0 Å². The van der Waals surface area contributed by atoms with Crippen LogP contribution >= 0.6 is 22.9 Å². The summed E-state index contributed by atoms with van der Waals surface area (Å²) < 4.78 is 40.2. The maximum absolute atomic E-state index is 13.4. The number of benzene rings is 2. The van der Waals surface area contributed by atoms with Gasteiger partial charge in [-0.1, -0.05) is 29.8 Å². The Bertz CT molecular complexity index is 1090. The molecule has 0 unspecified atom stereocenters. The first-order valence-corrected chi connectivity index (χ1v) is 11.8. The predicted octanol–water partition coefficient (Wildman–Crippen LogP) is 4.11. The topological polar surface area (TPSA) is 53.5 Å². The average molecular weight is 452 g/mol. The first-order valence-electron chi connectivity index (χ1n) is 9.10. The molecule has 0 atom stereocenters. The van der Waals surface area contributed by atoms with Gasteiger partial charge in [0.2, 0.25) is 10.0 Å². The van der Waals surface area contributed by atoms with Crippen molar-refractivity contribution in [2.45, 2.75) is 11.4 Å². The van der Waals surface area contributed by atoms with Gasteiger partial charge in [-0.25, -0.2) is 17.8 Å². The van der Waals surface area contributed by atoms with E-state index in [1.54, 1.807) is 11.3 Å². The van der Waals surface area contributed by atoms with Gasteiger partial charge in [-0.05, 0) is 30.3 Å². The maximum Gasteiger partial charge on any atom is 0.243 e. The summed E-state index contributed by atoms with van der Waals surface area (Å²) in [6.45, 7) is 2.60. The van der Waals surface area contributed by atoms with Crippen LogP contribution in [-0.2, 0) is 16.6 Å². The molecule has 0 radical (unpaired) electrons. The minimum absolute atomic E-state index is 0.00180. The molecule has 1 aliphatic heterocycles. The predicted molar refractivity (Wildman–Crippen MR) is 113 cm³/mol. The Morgan fingerprint density at radius 2 is 1.79 bits per heavy atom. The molecule has 9 heteroatoms. The minimum Gasteiger partial charge on any atom is -0.295 e. The summed E-state index contributed by atoms with van der Waals surface area (Å²) in [5.41, 5.74) is 1.98. The lowest BCUT2D eigenvalue weighted by Crippen LogP contribution is -2.48. The average Bonchev–Trinajstić information content (AvgIpc) is 3.17. The van der Waals surface area contributed by atoms with Crippen LogP contribution < -0.4 is 0 Å². The Kier molecular flexibility index (Phi) is 5.98. The monoisotopic (exact) mass is 451 g/mol. The summed E-state index contributed by atoms with van der Waals surface area (Å²) in [7, 11) is -3.67. The lowest BCUT2D eigenvalue weighted by Gasteiger charge is -2.33. The van der Waals surface area contributed by atoms with Gasteiger partial charge < -0.3 is 0 Å². The van der Waals surface area contributed by atoms with Gasteiger partial charge in [0.05, 0.1) is 10.6 Å². The van der Waals surface area contributed by atoms with Crippen molar-refractivity contribution in [1.29, 1.82) is 0 Å². The normalized spacial score (nSPS) is 16.2. The molecule has 152 valence electrons. The van der Waals surface area contributed by atoms with Gasteiger partial charge in [0.25, 0.3) is 0 Å². The molecule has 5 nitrogen and oxygen atoms in total. The van der Waals surface area contributed by atoms with Gasteiger partial charge in [0.15, 0.2) is 0 Å². The molecule has 1 fully saturated rings. The van der Waals surface area contributed by atoms with Gasteiger partial charge in [-0.2, -0.15) is 4.31 Å². The van der Waals surface area contributed by atoms with E-state index < -0.39 is 15.8 Å². The summed E-state index contributed by atoms with van der Waals surface area (Å²) in [6, 6.07) is 12.7. The number of halogens is 2. The van der Waals surface area contributed by atoms with Crippen molar-refractivity contribution in [1.82, 2.24) is 14.2 Å². The zero-order chi connectivity index (χ0) is 20.4. The van der Waals surface area contributed by atoms with Gasteiger partial charge in [-0.3, -0.25) is 4.90 Å². The zero-order valence-electron chi connectivity index (χ0n) is 15.5. The van der Waals surface area contributed by atoms with E-state index in [0.29, 0.717) is 37.7 Å². The number of hydrogen-bond donors (Lipinski definition) is 0. The maximum atomic E-state index is 13.4. The van der Waals surface area contributed by atoms with E-state index in [-0.39, 0.29) is 4.90 Å². The number of piperazine rings is 1. The first-order chi connectivity index (χ1) is 13.9. The molecule has 0 spiro atoms. The molecule has 2 aromatic carbocycles. The van der Waals surface area contributed by atoms with Crippen LogP contribution in [0.4, 0.5) is 4.39 Å². The van der Waals surface area contributed by atoms with E-state index in [2.05, 4.69) is 9.88 Å². The molecule has 0 N–H and O–H groups in total. The molecule has 1 aliphatic rings. The van der Waals surface area contributed by atoms with E-state index in [1.807, 2.05) is 29.6 Å². The van der Waals surface area contributed by atoms with Crippen molar-refractivity contribution < 1.29 is 12.8 Å². The largest absolute Gasteiger partial charge is 0.295 e. The molecule has 2 heterocycles. The van der Waals surface area contributed by atoms with Crippen LogP contribution in [0.25, 0.3) is 10.6 Å². The van der Waals surface area contributed by atoms with Crippen LogP contribution in [0.2, 0.25) is 5.02 Å². The highest BCUT2D eigenvalue weighted by Crippen LogP contribution is 2.26. The van der Waals surface area contributed by atoms with E-state index in [0.717, 1.165) is 22.3 Å². The zero-order valence-corrected chi connectivity index (χ0v) is 17.9. The third-order valence-electron chi connectivity index (χ3n) is 4.79. The summed E-state index contributed by atoms with van der Waals surface area (Å²) in [4.78, 5) is 6.87. The molecule has 4 rings (SSSR count). The van der Waals surface area contributed by atoms with Crippen LogP contribution in [0.1, 0.15) is 5.69 Å². The molecule has 1 aromatic heterocycles. The van der Waals surface area contributed by atoms with Crippen molar-refractivity contribution in [3.05, 3.63) is 70.4 Å². The second kappa shape index (κ2) is 8.49. The lowest BCUT2D eigenvalue weighted by molar-refractivity contribution is 0.180. The molecule has 0 aliphatic carbocycles. The number of hydrogen-bond acceptors (Lipinski definition) is 5. The van der Waals surface area contributed by atoms with Crippen molar-refractivity contribution in [2.75, 3.05) is 26.2 Å². The molecule has 0 saturated carbocycles. The van der Waals surface area contributed by atoms with Crippen LogP contribution in [0.5, 0.6) is 0 Å². The Hall–Kier alpha value is -1.84. The molecule has 29 heavy (non-hydrogen) atoms. The standard InChI is InChI=1S/C20H19ClFN3O2S2/c21-16-6-4-15(5-7-16)20-23-18(14-28-20)13-24-8-10-25(11-9-24)29(26,27)19-3-1-2-17(22)12-19/h1-7,12,14H,8-11,13H2. The molecular formula is C20H19ClFN3O2S2. The van der Waals surface area contributed by atoms with Crippen molar-refractivity contribution >= 4 is 33.0 Å². The molecule has 3 aromatic rings. The highest BCUT2D eigenvalue weighted by atomic mass is 35.5. The Morgan fingerprint density at radius 3 is 2.48 bits per heavy atom.